The lowest BCUT2D eigenvalue weighted by molar-refractivity contribution is -0.145. The van der Waals surface area contributed by atoms with Crippen molar-refractivity contribution in [3.8, 4) is 0 Å². The summed E-state index contributed by atoms with van der Waals surface area (Å²) in [5.74, 6) is -0.258. The number of carbonyl (C=O) groups is 1. The molecule has 1 aliphatic rings. The molecule has 2 rings (SSSR count). The van der Waals surface area contributed by atoms with Crippen LogP contribution in [-0.4, -0.2) is 24.8 Å². The molecule has 0 N–H and O–H groups in total. The molecule has 0 unspecified atom stereocenters. The summed E-state index contributed by atoms with van der Waals surface area (Å²) in [6.45, 7) is 2.05. The smallest absolute Gasteiger partial charge is 0.311 e. The average molecular weight is 231 g/mol. The van der Waals surface area contributed by atoms with Crippen LogP contribution in [0.25, 0.3) is 0 Å². The van der Waals surface area contributed by atoms with Crippen LogP contribution >= 0.6 is 0 Å². The van der Waals surface area contributed by atoms with Crippen LogP contribution in [0.2, 0.25) is 0 Å². The monoisotopic (exact) mass is 231 g/mol. The first-order valence-electron chi connectivity index (χ1n) is 5.96. The summed E-state index contributed by atoms with van der Waals surface area (Å²) in [6, 6.07) is 10.1. The Kier molecular flexibility index (Phi) is 3.57. The van der Waals surface area contributed by atoms with E-state index in [1.807, 2.05) is 30.3 Å². The van der Waals surface area contributed by atoms with Crippen molar-refractivity contribution in [2.24, 2.45) is 10.9 Å². The van der Waals surface area contributed by atoms with Crippen LogP contribution in [0.5, 0.6) is 0 Å². The Morgan fingerprint density at radius 1 is 1.41 bits per heavy atom. The van der Waals surface area contributed by atoms with Crippen molar-refractivity contribution in [3.63, 3.8) is 0 Å². The number of esters is 1. The maximum absolute atomic E-state index is 11.7. The minimum Gasteiger partial charge on any atom is -0.469 e. The Bertz CT molecular complexity index is 425. The Balaban J connectivity index is 2.20. The van der Waals surface area contributed by atoms with Gasteiger partial charge in [0, 0.05) is 12.1 Å². The lowest BCUT2D eigenvalue weighted by Crippen LogP contribution is -2.24. The SMILES string of the molecule is CC[C@H]1N=C(c2ccccc2)C[C@H]1C(=O)OC. The molecule has 3 heteroatoms. The fourth-order valence-electron chi connectivity index (χ4n) is 2.28. The van der Waals surface area contributed by atoms with Gasteiger partial charge < -0.3 is 4.74 Å². The molecule has 0 radical (unpaired) electrons. The van der Waals surface area contributed by atoms with Crippen LogP contribution in [-0.2, 0) is 9.53 Å². The second-order valence-corrected chi connectivity index (χ2v) is 4.25. The number of hydrogen-bond acceptors (Lipinski definition) is 3. The van der Waals surface area contributed by atoms with Crippen LogP contribution < -0.4 is 0 Å². The third-order valence-corrected chi connectivity index (χ3v) is 3.23. The van der Waals surface area contributed by atoms with Gasteiger partial charge in [0.05, 0.1) is 19.1 Å². The molecule has 0 amide bonds. The maximum Gasteiger partial charge on any atom is 0.311 e. The van der Waals surface area contributed by atoms with E-state index in [0.29, 0.717) is 6.42 Å². The van der Waals surface area contributed by atoms with E-state index in [4.69, 9.17) is 4.74 Å². The van der Waals surface area contributed by atoms with Crippen molar-refractivity contribution in [2.75, 3.05) is 7.11 Å². The first-order valence-corrected chi connectivity index (χ1v) is 5.96. The molecule has 17 heavy (non-hydrogen) atoms. The molecular formula is C14H17NO2. The summed E-state index contributed by atoms with van der Waals surface area (Å²) in [5, 5.41) is 0. The number of rotatable bonds is 3. The molecule has 1 heterocycles. The standard InChI is InChI=1S/C14H17NO2/c1-3-12-11(14(16)17-2)9-13(15-12)10-7-5-4-6-8-10/h4-8,11-12H,3,9H2,1-2H3/t11-,12-/m1/s1. The number of methoxy groups -OCH3 is 1. The molecule has 90 valence electrons. The van der Waals surface area contributed by atoms with Crippen molar-refractivity contribution >= 4 is 11.7 Å². The normalized spacial score (nSPS) is 23.3. The molecule has 1 aromatic carbocycles. The number of aliphatic imine (C=N–C) groups is 1. The predicted molar refractivity (Wildman–Crippen MR) is 67.2 cm³/mol. The molecule has 0 aliphatic carbocycles. The molecule has 2 atom stereocenters. The molecule has 0 bridgehead atoms. The zero-order valence-electron chi connectivity index (χ0n) is 10.2. The minimum absolute atomic E-state index is 0.0673. The highest BCUT2D eigenvalue weighted by molar-refractivity contribution is 6.04. The summed E-state index contributed by atoms with van der Waals surface area (Å²) < 4.78 is 4.84. The van der Waals surface area contributed by atoms with Crippen LogP contribution in [0.1, 0.15) is 25.3 Å². The Hall–Kier alpha value is -1.64. The van der Waals surface area contributed by atoms with Gasteiger partial charge in [-0.2, -0.15) is 0 Å². The zero-order valence-corrected chi connectivity index (χ0v) is 10.2. The fraction of sp³-hybridized carbons (Fsp3) is 0.429. The highest BCUT2D eigenvalue weighted by Gasteiger charge is 2.34. The van der Waals surface area contributed by atoms with Crippen molar-refractivity contribution in [1.29, 1.82) is 0 Å². The first-order chi connectivity index (χ1) is 8.26. The topological polar surface area (TPSA) is 38.7 Å². The van der Waals surface area contributed by atoms with Gasteiger partial charge in [-0.25, -0.2) is 0 Å². The lowest BCUT2D eigenvalue weighted by Gasteiger charge is -2.12. The third-order valence-electron chi connectivity index (χ3n) is 3.23. The lowest BCUT2D eigenvalue weighted by atomic mass is 9.95. The first kappa shape index (κ1) is 11.8. The molecule has 1 aliphatic heterocycles. The van der Waals surface area contributed by atoms with Crippen molar-refractivity contribution < 1.29 is 9.53 Å². The number of ether oxygens (including phenoxy) is 1. The highest BCUT2D eigenvalue weighted by atomic mass is 16.5. The molecule has 1 aromatic rings. The Morgan fingerprint density at radius 3 is 2.71 bits per heavy atom. The summed E-state index contributed by atoms with van der Waals surface area (Å²) in [7, 11) is 1.44. The van der Waals surface area contributed by atoms with E-state index in [9.17, 15) is 4.79 Å². The van der Waals surface area contributed by atoms with E-state index in [-0.39, 0.29) is 17.9 Å². The predicted octanol–water partition coefficient (Wildman–Crippen LogP) is 2.45. The second kappa shape index (κ2) is 5.13. The maximum atomic E-state index is 11.7. The fourth-order valence-corrected chi connectivity index (χ4v) is 2.28. The van der Waals surface area contributed by atoms with Gasteiger partial charge >= 0.3 is 5.97 Å². The summed E-state index contributed by atoms with van der Waals surface area (Å²) in [4.78, 5) is 16.3. The van der Waals surface area contributed by atoms with Gasteiger partial charge in [-0.05, 0) is 12.0 Å². The number of nitrogens with zero attached hydrogens (tertiary/aromatic N) is 1. The van der Waals surface area contributed by atoms with Gasteiger partial charge in [0.2, 0.25) is 0 Å². The molecular weight excluding hydrogens is 214 g/mol. The zero-order chi connectivity index (χ0) is 12.3. The van der Waals surface area contributed by atoms with Crippen LogP contribution in [0.3, 0.4) is 0 Å². The van der Waals surface area contributed by atoms with Gasteiger partial charge in [-0.1, -0.05) is 37.3 Å². The minimum atomic E-state index is -0.147. The van der Waals surface area contributed by atoms with Crippen molar-refractivity contribution in [3.05, 3.63) is 35.9 Å². The Labute approximate surface area is 102 Å². The van der Waals surface area contributed by atoms with Gasteiger partial charge in [-0.3, -0.25) is 9.79 Å². The molecule has 3 nitrogen and oxygen atoms in total. The van der Waals surface area contributed by atoms with Gasteiger partial charge in [0.15, 0.2) is 0 Å². The highest BCUT2D eigenvalue weighted by Crippen LogP contribution is 2.27. The molecule has 0 spiro atoms. The van der Waals surface area contributed by atoms with Crippen LogP contribution in [0.4, 0.5) is 0 Å². The van der Waals surface area contributed by atoms with E-state index in [0.717, 1.165) is 17.7 Å². The van der Waals surface area contributed by atoms with Gasteiger partial charge in [0.1, 0.15) is 0 Å². The summed E-state index contributed by atoms with van der Waals surface area (Å²) in [6.07, 6.45) is 1.56. The quantitative estimate of drug-likeness (QED) is 0.749. The van der Waals surface area contributed by atoms with E-state index in [1.165, 1.54) is 7.11 Å². The van der Waals surface area contributed by atoms with E-state index < -0.39 is 0 Å². The number of benzene rings is 1. The molecule has 0 saturated carbocycles. The van der Waals surface area contributed by atoms with Gasteiger partial charge in [0.25, 0.3) is 0 Å². The van der Waals surface area contributed by atoms with Gasteiger partial charge in [-0.15, -0.1) is 0 Å². The molecule has 0 aromatic heterocycles. The van der Waals surface area contributed by atoms with Crippen LogP contribution in [0.15, 0.2) is 35.3 Å². The second-order valence-electron chi connectivity index (χ2n) is 4.25. The summed E-state index contributed by atoms with van der Waals surface area (Å²) in [5.41, 5.74) is 2.13. The Morgan fingerprint density at radius 2 is 2.12 bits per heavy atom. The van der Waals surface area contributed by atoms with Crippen LogP contribution in [0, 0.1) is 5.92 Å². The number of hydrogen-bond donors (Lipinski definition) is 0. The van der Waals surface area contributed by atoms with E-state index >= 15 is 0 Å². The molecule has 0 fully saturated rings. The third kappa shape index (κ3) is 2.38. The summed E-state index contributed by atoms with van der Waals surface area (Å²) >= 11 is 0. The van der Waals surface area contributed by atoms with Crippen molar-refractivity contribution in [1.82, 2.24) is 0 Å². The largest absolute Gasteiger partial charge is 0.469 e. The van der Waals surface area contributed by atoms with Crippen molar-refractivity contribution in [2.45, 2.75) is 25.8 Å². The molecule has 0 saturated heterocycles. The van der Waals surface area contributed by atoms with E-state index in [1.54, 1.807) is 0 Å². The average Bonchev–Trinajstić information content (AvgIpc) is 2.83. The van der Waals surface area contributed by atoms with E-state index in [2.05, 4.69) is 11.9 Å². The number of carbonyl (C=O) groups excluding carboxylic acids is 1.